The Morgan fingerprint density at radius 1 is 1.31 bits per heavy atom. The SMILES string of the molecule is CC(Nc1ccc(Br)nc1)C1CCCCC1. The largest absolute Gasteiger partial charge is 0.381 e. The summed E-state index contributed by atoms with van der Waals surface area (Å²) < 4.78 is 0.892. The normalized spacial score (nSPS) is 19.4. The van der Waals surface area contributed by atoms with Gasteiger partial charge >= 0.3 is 0 Å². The van der Waals surface area contributed by atoms with Gasteiger partial charge < -0.3 is 5.32 Å². The van der Waals surface area contributed by atoms with E-state index in [4.69, 9.17) is 0 Å². The van der Waals surface area contributed by atoms with Gasteiger partial charge in [0, 0.05) is 6.04 Å². The van der Waals surface area contributed by atoms with Crippen LogP contribution in [0.1, 0.15) is 39.0 Å². The minimum absolute atomic E-state index is 0.559. The third kappa shape index (κ3) is 3.21. The Morgan fingerprint density at radius 2 is 2.06 bits per heavy atom. The van der Waals surface area contributed by atoms with Gasteiger partial charge in [-0.1, -0.05) is 19.3 Å². The third-order valence-electron chi connectivity index (χ3n) is 3.48. The van der Waals surface area contributed by atoms with Crippen molar-refractivity contribution in [1.82, 2.24) is 4.98 Å². The second-order valence-electron chi connectivity index (χ2n) is 4.70. The van der Waals surface area contributed by atoms with Gasteiger partial charge in [-0.15, -0.1) is 0 Å². The van der Waals surface area contributed by atoms with Crippen LogP contribution in [0.5, 0.6) is 0 Å². The van der Waals surface area contributed by atoms with Gasteiger partial charge in [0.1, 0.15) is 4.60 Å². The van der Waals surface area contributed by atoms with E-state index in [0.717, 1.165) is 16.2 Å². The summed E-state index contributed by atoms with van der Waals surface area (Å²) in [6.45, 7) is 2.29. The molecule has 88 valence electrons. The molecular formula is C13H19BrN2. The summed E-state index contributed by atoms with van der Waals surface area (Å²) in [5.74, 6) is 0.831. The minimum atomic E-state index is 0.559. The quantitative estimate of drug-likeness (QED) is 0.840. The van der Waals surface area contributed by atoms with Gasteiger partial charge in [0.05, 0.1) is 11.9 Å². The summed E-state index contributed by atoms with van der Waals surface area (Å²) in [4.78, 5) is 4.23. The smallest absolute Gasteiger partial charge is 0.106 e. The number of aromatic nitrogens is 1. The van der Waals surface area contributed by atoms with Crippen molar-refractivity contribution in [3.63, 3.8) is 0 Å². The standard InChI is InChI=1S/C13H19BrN2/c1-10(11-5-3-2-4-6-11)16-12-7-8-13(14)15-9-12/h7-11,16H,2-6H2,1H3. The molecule has 0 aromatic carbocycles. The summed E-state index contributed by atoms with van der Waals surface area (Å²) in [5, 5.41) is 3.56. The number of anilines is 1. The second-order valence-corrected chi connectivity index (χ2v) is 5.51. The second kappa shape index (κ2) is 5.67. The Hall–Kier alpha value is -0.570. The summed E-state index contributed by atoms with van der Waals surface area (Å²) in [6.07, 6.45) is 8.85. The highest BCUT2D eigenvalue weighted by Crippen LogP contribution is 2.28. The van der Waals surface area contributed by atoms with E-state index in [1.807, 2.05) is 12.3 Å². The van der Waals surface area contributed by atoms with E-state index >= 15 is 0 Å². The zero-order chi connectivity index (χ0) is 11.4. The molecule has 0 saturated heterocycles. The summed E-state index contributed by atoms with van der Waals surface area (Å²) in [7, 11) is 0. The van der Waals surface area contributed by atoms with E-state index in [-0.39, 0.29) is 0 Å². The maximum Gasteiger partial charge on any atom is 0.106 e. The summed E-state index contributed by atoms with van der Waals surface area (Å²) in [5.41, 5.74) is 1.13. The Labute approximate surface area is 106 Å². The maximum absolute atomic E-state index is 4.23. The molecule has 16 heavy (non-hydrogen) atoms. The lowest BCUT2D eigenvalue weighted by molar-refractivity contribution is 0.328. The lowest BCUT2D eigenvalue weighted by Crippen LogP contribution is -2.27. The van der Waals surface area contributed by atoms with E-state index in [9.17, 15) is 0 Å². The summed E-state index contributed by atoms with van der Waals surface area (Å²) >= 11 is 3.35. The van der Waals surface area contributed by atoms with Crippen LogP contribution in [0.15, 0.2) is 22.9 Å². The van der Waals surface area contributed by atoms with E-state index in [0.29, 0.717) is 6.04 Å². The molecule has 1 aromatic heterocycles. The number of halogens is 1. The molecule has 1 saturated carbocycles. The van der Waals surface area contributed by atoms with Gasteiger partial charge in [0.15, 0.2) is 0 Å². The van der Waals surface area contributed by atoms with Crippen LogP contribution >= 0.6 is 15.9 Å². The van der Waals surface area contributed by atoms with Crippen LogP contribution in [-0.4, -0.2) is 11.0 Å². The van der Waals surface area contributed by atoms with Crippen molar-refractivity contribution in [3.05, 3.63) is 22.9 Å². The van der Waals surface area contributed by atoms with Gasteiger partial charge in [0.25, 0.3) is 0 Å². The van der Waals surface area contributed by atoms with Crippen molar-refractivity contribution in [2.75, 3.05) is 5.32 Å². The first kappa shape index (κ1) is 11.9. The average molecular weight is 283 g/mol. The van der Waals surface area contributed by atoms with Gasteiger partial charge in [-0.2, -0.15) is 0 Å². The summed E-state index contributed by atoms with van der Waals surface area (Å²) in [6, 6.07) is 4.62. The van der Waals surface area contributed by atoms with Crippen LogP contribution in [0.2, 0.25) is 0 Å². The van der Waals surface area contributed by atoms with Crippen molar-refractivity contribution in [3.8, 4) is 0 Å². The third-order valence-corrected chi connectivity index (χ3v) is 3.95. The fourth-order valence-electron chi connectivity index (χ4n) is 2.48. The van der Waals surface area contributed by atoms with Crippen LogP contribution in [0.4, 0.5) is 5.69 Å². The molecule has 0 amide bonds. The highest BCUT2D eigenvalue weighted by atomic mass is 79.9. The zero-order valence-electron chi connectivity index (χ0n) is 9.75. The van der Waals surface area contributed by atoms with Crippen molar-refractivity contribution in [2.24, 2.45) is 5.92 Å². The Kier molecular flexibility index (Phi) is 4.22. The number of nitrogens with one attached hydrogen (secondary N) is 1. The molecule has 1 aromatic rings. The van der Waals surface area contributed by atoms with Crippen molar-refractivity contribution >= 4 is 21.6 Å². The fourth-order valence-corrected chi connectivity index (χ4v) is 2.71. The lowest BCUT2D eigenvalue weighted by atomic mass is 9.84. The molecule has 0 aliphatic heterocycles. The van der Waals surface area contributed by atoms with Gasteiger partial charge in [-0.25, -0.2) is 4.98 Å². The van der Waals surface area contributed by atoms with E-state index in [2.05, 4.69) is 39.2 Å². The van der Waals surface area contributed by atoms with Crippen molar-refractivity contribution < 1.29 is 0 Å². The molecule has 3 heteroatoms. The number of nitrogens with zero attached hydrogens (tertiary/aromatic N) is 1. The van der Waals surface area contributed by atoms with Crippen LogP contribution in [0.3, 0.4) is 0 Å². The molecule has 1 aliphatic carbocycles. The van der Waals surface area contributed by atoms with Gasteiger partial charge in [0.2, 0.25) is 0 Å². The molecule has 2 rings (SSSR count). The van der Waals surface area contributed by atoms with Crippen LogP contribution < -0.4 is 5.32 Å². The number of hydrogen-bond donors (Lipinski definition) is 1. The molecule has 1 unspecified atom stereocenters. The van der Waals surface area contributed by atoms with Gasteiger partial charge in [-0.3, -0.25) is 0 Å². The van der Waals surface area contributed by atoms with Gasteiger partial charge in [-0.05, 0) is 53.7 Å². The first-order valence-electron chi connectivity index (χ1n) is 6.14. The Morgan fingerprint density at radius 3 is 2.69 bits per heavy atom. The lowest BCUT2D eigenvalue weighted by Gasteiger charge is -2.28. The fraction of sp³-hybridized carbons (Fsp3) is 0.615. The molecule has 0 radical (unpaired) electrons. The topological polar surface area (TPSA) is 24.9 Å². The average Bonchev–Trinajstić information content (AvgIpc) is 2.33. The molecule has 0 bridgehead atoms. The van der Waals surface area contributed by atoms with E-state index < -0.39 is 0 Å². The minimum Gasteiger partial charge on any atom is -0.381 e. The van der Waals surface area contributed by atoms with Crippen molar-refractivity contribution in [1.29, 1.82) is 0 Å². The van der Waals surface area contributed by atoms with Crippen molar-refractivity contribution in [2.45, 2.75) is 45.1 Å². The molecule has 1 N–H and O–H groups in total. The predicted molar refractivity (Wildman–Crippen MR) is 71.6 cm³/mol. The van der Waals surface area contributed by atoms with E-state index in [1.165, 1.54) is 32.1 Å². The highest BCUT2D eigenvalue weighted by Gasteiger charge is 2.19. The maximum atomic E-state index is 4.23. The van der Waals surface area contributed by atoms with Crippen LogP contribution in [-0.2, 0) is 0 Å². The molecule has 0 spiro atoms. The first-order valence-corrected chi connectivity index (χ1v) is 6.93. The molecular weight excluding hydrogens is 264 g/mol. The highest BCUT2D eigenvalue weighted by molar-refractivity contribution is 9.10. The Bertz CT molecular complexity index is 317. The van der Waals surface area contributed by atoms with E-state index in [1.54, 1.807) is 0 Å². The number of hydrogen-bond acceptors (Lipinski definition) is 2. The Balaban J connectivity index is 1.90. The predicted octanol–water partition coefficient (Wildman–Crippen LogP) is 4.22. The van der Waals surface area contributed by atoms with Crippen LogP contribution in [0.25, 0.3) is 0 Å². The molecule has 1 atom stereocenters. The molecule has 1 fully saturated rings. The van der Waals surface area contributed by atoms with Crippen LogP contribution in [0, 0.1) is 5.92 Å². The monoisotopic (exact) mass is 282 g/mol. The molecule has 2 nitrogen and oxygen atoms in total. The molecule has 1 heterocycles. The number of pyridine rings is 1. The number of rotatable bonds is 3. The zero-order valence-corrected chi connectivity index (χ0v) is 11.3. The molecule has 1 aliphatic rings. The first-order chi connectivity index (χ1) is 7.75.